The van der Waals surface area contributed by atoms with Gasteiger partial charge < -0.3 is 9.15 Å². The average Bonchev–Trinajstić information content (AvgIpc) is 2.84. The number of benzene rings is 2. The van der Waals surface area contributed by atoms with Crippen LogP contribution in [-0.2, 0) is 0 Å². The summed E-state index contributed by atoms with van der Waals surface area (Å²) >= 11 is 0. The van der Waals surface area contributed by atoms with Crippen LogP contribution in [0.4, 0.5) is 4.39 Å². The quantitative estimate of drug-likeness (QED) is 0.679. The lowest BCUT2D eigenvalue weighted by molar-refractivity contribution is 0.101. The summed E-state index contributed by atoms with van der Waals surface area (Å²) in [5.74, 6) is 0.331. The zero-order valence-electron chi connectivity index (χ0n) is 11.6. The minimum Gasteiger partial charge on any atom is -0.497 e. The molecule has 0 spiro atoms. The highest BCUT2D eigenvalue weighted by Gasteiger charge is 2.19. The molecule has 2 aromatic carbocycles. The number of carbonyl (C=O) groups excluding carboxylic acids is 1. The Morgan fingerprint density at radius 1 is 1.14 bits per heavy atom. The first-order chi connectivity index (χ1) is 10.1. The Morgan fingerprint density at radius 3 is 2.52 bits per heavy atom. The SMILES string of the molecule is COc1ccc2oc(C(=O)c3ccc(F)cc3)c(C)c2c1. The topological polar surface area (TPSA) is 39.4 Å². The van der Waals surface area contributed by atoms with Gasteiger partial charge in [-0.2, -0.15) is 0 Å². The van der Waals surface area contributed by atoms with Crippen molar-refractivity contribution in [1.29, 1.82) is 0 Å². The summed E-state index contributed by atoms with van der Waals surface area (Å²) < 4.78 is 23.8. The van der Waals surface area contributed by atoms with E-state index in [1.165, 1.54) is 24.3 Å². The maximum absolute atomic E-state index is 12.9. The summed E-state index contributed by atoms with van der Waals surface area (Å²) in [6.07, 6.45) is 0. The molecule has 0 saturated carbocycles. The predicted octanol–water partition coefficient (Wildman–Crippen LogP) is 4.12. The molecule has 21 heavy (non-hydrogen) atoms. The number of ketones is 1. The van der Waals surface area contributed by atoms with Crippen LogP contribution in [0.1, 0.15) is 21.7 Å². The normalized spacial score (nSPS) is 10.8. The summed E-state index contributed by atoms with van der Waals surface area (Å²) in [5.41, 5.74) is 1.77. The fraction of sp³-hybridized carbons (Fsp3) is 0.118. The van der Waals surface area contributed by atoms with Crippen molar-refractivity contribution in [3.63, 3.8) is 0 Å². The lowest BCUT2D eigenvalue weighted by Gasteiger charge is -1.99. The van der Waals surface area contributed by atoms with E-state index in [1.54, 1.807) is 19.2 Å². The second kappa shape index (κ2) is 5.05. The standard InChI is InChI=1S/C17H13FO3/c1-10-14-9-13(20-2)7-8-15(14)21-17(10)16(19)11-3-5-12(18)6-4-11/h3-9H,1-2H3. The van der Waals surface area contributed by atoms with E-state index in [9.17, 15) is 9.18 Å². The Morgan fingerprint density at radius 2 is 1.86 bits per heavy atom. The van der Waals surface area contributed by atoms with Crippen molar-refractivity contribution in [3.8, 4) is 5.75 Å². The van der Waals surface area contributed by atoms with Crippen molar-refractivity contribution >= 4 is 16.8 Å². The van der Waals surface area contributed by atoms with Gasteiger partial charge in [0.25, 0.3) is 0 Å². The molecular formula is C17H13FO3. The summed E-state index contributed by atoms with van der Waals surface area (Å²) in [4.78, 5) is 12.5. The molecule has 0 aliphatic carbocycles. The van der Waals surface area contributed by atoms with Crippen LogP contribution in [-0.4, -0.2) is 12.9 Å². The number of furan rings is 1. The first-order valence-electron chi connectivity index (χ1n) is 6.47. The number of hydrogen-bond donors (Lipinski definition) is 0. The Bertz CT molecular complexity index is 816. The number of ether oxygens (including phenoxy) is 1. The molecule has 3 nitrogen and oxygen atoms in total. The third-order valence-electron chi connectivity index (χ3n) is 3.46. The number of fused-ring (bicyclic) bond motifs is 1. The van der Waals surface area contributed by atoms with Crippen molar-refractivity contribution in [2.45, 2.75) is 6.92 Å². The number of halogens is 1. The third kappa shape index (κ3) is 2.29. The van der Waals surface area contributed by atoms with E-state index in [4.69, 9.17) is 9.15 Å². The Hall–Kier alpha value is -2.62. The fourth-order valence-electron chi connectivity index (χ4n) is 2.28. The molecular weight excluding hydrogens is 271 g/mol. The van der Waals surface area contributed by atoms with Crippen LogP contribution >= 0.6 is 0 Å². The minimum absolute atomic E-state index is 0.261. The summed E-state index contributed by atoms with van der Waals surface area (Å²) in [5, 5.41) is 0.833. The summed E-state index contributed by atoms with van der Waals surface area (Å²) in [7, 11) is 1.58. The van der Waals surface area contributed by atoms with Crippen LogP contribution in [0.3, 0.4) is 0 Å². The lowest BCUT2D eigenvalue weighted by Crippen LogP contribution is -2.01. The number of aryl methyl sites for hydroxylation is 1. The number of carbonyl (C=O) groups is 1. The highest BCUT2D eigenvalue weighted by Crippen LogP contribution is 2.30. The van der Waals surface area contributed by atoms with Crippen LogP contribution in [0.15, 0.2) is 46.9 Å². The minimum atomic E-state index is -0.377. The fourth-order valence-corrected chi connectivity index (χ4v) is 2.28. The molecule has 0 bridgehead atoms. The second-order valence-electron chi connectivity index (χ2n) is 4.75. The highest BCUT2D eigenvalue weighted by atomic mass is 19.1. The van der Waals surface area contributed by atoms with E-state index in [0.717, 1.165) is 10.9 Å². The van der Waals surface area contributed by atoms with Gasteiger partial charge >= 0.3 is 0 Å². The lowest BCUT2D eigenvalue weighted by atomic mass is 10.0. The molecule has 0 unspecified atom stereocenters. The number of hydrogen-bond acceptors (Lipinski definition) is 3. The van der Waals surface area contributed by atoms with Gasteiger partial charge in [0.15, 0.2) is 5.76 Å². The molecule has 0 N–H and O–H groups in total. The van der Waals surface area contributed by atoms with E-state index < -0.39 is 0 Å². The maximum atomic E-state index is 12.9. The van der Waals surface area contributed by atoms with Gasteiger partial charge in [0, 0.05) is 16.5 Å². The summed E-state index contributed by atoms with van der Waals surface area (Å²) in [6, 6.07) is 10.8. The molecule has 0 radical (unpaired) electrons. The molecule has 0 aliphatic heterocycles. The molecule has 1 heterocycles. The van der Waals surface area contributed by atoms with Gasteiger partial charge in [0.05, 0.1) is 7.11 Å². The van der Waals surface area contributed by atoms with Gasteiger partial charge in [0.2, 0.25) is 5.78 Å². The van der Waals surface area contributed by atoms with E-state index in [0.29, 0.717) is 16.9 Å². The molecule has 106 valence electrons. The Balaban J connectivity index is 2.09. The molecule has 1 aromatic heterocycles. The van der Waals surface area contributed by atoms with Crippen molar-refractivity contribution in [1.82, 2.24) is 0 Å². The van der Waals surface area contributed by atoms with E-state index in [2.05, 4.69) is 0 Å². The molecule has 3 rings (SSSR count). The van der Waals surface area contributed by atoms with Crippen LogP contribution in [0.5, 0.6) is 5.75 Å². The smallest absolute Gasteiger partial charge is 0.228 e. The van der Waals surface area contributed by atoms with Gasteiger partial charge in [-0.3, -0.25) is 4.79 Å². The Labute approximate surface area is 120 Å². The van der Waals surface area contributed by atoms with E-state index in [1.807, 2.05) is 13.0 Å². The zero-order chi connectivity index (χ0) is 15.0. The van der Waals surface area contributed by atoms with Crippen LogP contribution in [0, 0.1) is 12.7 Å². The molecule has 0 aliphatic rings. The molecule has 0 fully saturated rings. The number of methoxy groups -OCH3 is 1. The van der Waals surface area contributed by atoms with Gasteiger partial charge in [-0.15, -0.1) is 0 Å². The van der Waals surface area contributed by atoms with Crippen molar-refractivity contribution in [2.75, 3.05) is 7.11 Å². The maximum Gasteiger partial charge on any atom is 0.228 e. The monoisotopic (exact) mass is 284 g/mol. The highest BCUT2D eigenvalue weighted by molar-refractivity contribution is 6.10. The molecule has 3 aromatic rings. The van der Waals surface area contributed by atoms with Gasteiger partial charge in [-0.1, -0.05) is 0 Å². The van der Waals surface area contributed by atoms with Crippen molar-refractivity contribution in [3.05, 3.63) is 65.2 Å². The van der Waals surface area contributed by atoms with Crippen molar-refractivity contribution < 1.29 is 18.3 Å². The van der Waals surface area contributed by atoms with Crippen LogP contribution < -0.4 is 4.74 Å². The predicted molar refractivity (Wildman–Crippen MR) is 77.3 cm³/mol. The van der Waals surface area contributed by atoms with E-state index >= 15 is 0 Å². The molecule has 0 amide bonds. The zero-order valence-corrected chi connectivity index (χ0v) is 11.6. The molecule has 0 atom stereocenters. The van der Waals surface area contributed by atoms with Crippen molar-refractivity contribution in [2.24, 2.45) is 0 Å². The van der Waals surface area contributed by atoms with Gasteiger partial charge in [-0.05, 0) is 49.4 Å². The van der Waals surface area contributed by atoms with Crippen LogP contribution in [0.2, 0.25) is 0 Å². The molecule has 4 heteroatoms. The van der Waals surface area contributed by atoms with Crippen LogP contribution in [0.25, 0.3) is 11.0 Å². The summed E-state index contributed by atoms with van der Waals surface area (Å²) in [6.45, 7) is 1.82. The number of rotatable bonds is 3. The second-order valence-corrected chi connectivity index (χ2v) is 4.75. The largest absolute Gasteiger partial charge is 0.497 e. The van der Waals surface area contributed by atoms with E-state index in [-0.39, 0.29) is 17.4 Å². The third-order valence-corrected chi connectivity index (χ3v) is 3.46. The van der Waals surface area contributed by atoms with Gasteiger partial charge in [-0.25, -0.2) is 4.39 Å². The average molecular weight is 284 g/mol. The Kier molecular flexibility index (Phi) is 3.22. The molecule has 0 saturated heterocycles. The van der Waals surface area contributed by atoms with Gasteiger partial charge in [0.1, 0.15) is 17.1 Å². The first-order valence-corrected chi connectivity index (χ1v) is 6.47. The first kappa shape index (κ1) is 13.4.